The fraction of sp³-hybridized carbons (Fsp3) is 0.263. The van der Waals surface area contributed by atoms with Crippen LogP contribution in [0.5, 0.6) is 5.75 Å². The number of rotatable bonds is 2. The Morgan fingerprint density at radius 1 is 0.958 bits per heavy atom. The number of piperidine rings is 1. The second-order valence-electron chi connectivity index (χ2n) is 6.10. The zero-order chi connectivity index (χ0) is 16.5. The van der Waals surface area contributed by atoms with Gasteiger partial charge >= 0.3 is 0 Å². The van der Waals surface area contributed by atoms with Crippen LogP contribution in [-0.4, -0.2) is 28.2 Å². The minimum Gasteiger partial charge on any atom is -0.507 e. The quantitative estimate of drug-likeness (QED) is 0.770. The van der Waals surface area contributed by atoms with Crippen molar-refractivity contribution in [2.45, 2.75) is 19.3 Å². The second kappa shape index (κ2) is 6.07. The molecule has 0 amide bonds. The first kappa shape index (κ1) is 14.9. The van der Waals surface area contributed by atoms with Crippen molar-refractivity contribution in [1.82, 2.24) is 9.97 Å². The number of halogens is 1. The Hall–Kier alpha value is -2.69. The van der Waals surface area contributed by atoms with E-state index in [-0.39, 0.29) is 11.6 Å². The van der Waals surface area contributed by atoms with E-state index >= 15 is 0 Å². The molecule has 0 radical (unpaired) electrons. The van der Waals surface area contributed by atoms with Gasteiger partial charge < -0.3 is 10.0 Å². The molecule has 0 aliphatic carbocycles. The minimum atomic E-state index is -0.325. The summed E-state index contributed by atoms with van der Waals surface area (Å²) in [7, 11) is 0. The number of phenols is 1. The zero-order valence-corrected chi connectivity index (χ0v) is 13.2. The number of benzene rings is 2. The smallest absolute Gasteiger partial charge is 0.165 e. The summed E-state index contributed by atoms with van der Waals surface area (Å²) >= 11 is 0. The Morgan fingerprint density at radius 3 is 2.54 bits per heavy atom. The molecule has 0 spiro atoms. The van der Waals surface area contributed by atoms with Crippen LogP contribution in [0.1, 0.15) is 19.3 Å². The number of hydrogen-bond donors (Lipinski definition) is 1. The molecular weight excluding hydrogens is 305 g/mol. The van der Waals surface area contributed by atoms with Gasteiger partial charge in [0.1, 0.15) is 17.4 Å². The number of fused-ring (bicyclic) bond motifs is 1. The Morgan fingerprint density at radius 2 is 1.75 bits per heavy atom. The van der Waals surface area contributed by atoms with Crippen LogP contribution in [0.15, 0.2) is 42.5 Å². The highest BCUT2D eigenvalue weighted by molar-refractivity contribution is 5.91. The molecule has 5 heteroatoms. The third-order valence-corrected chi connectivity index (χ3v) is 4.44. The molecule has 2 heterocycles. The van der Waals surface area contributed by atoms with Crippen LogP contribution in [0.25, 0.3) is 22.3 Å². The van der Waals surface area contributed by atoms with E-state index in [1.165, 1.54) is 18.6 Å². The van der Waals surface area contributed by atoms with E-state index in [0.29, 0.717) is 16.9 Å². The lowest BCUT2D eigenvalue weighted by Crippen LogP contribution is -2.30. The largest absolute Gasteiger partial charge is 0.507 e. The van der Waals surface area contributed by atoms with Crippen molar-refractivity contribution in [2.24, 2.45) is 0 Å². The molecule has 2 aromatic carbocycles. The predicted molar refractivity (Wildman–Crippen MR) is 92.7 cm³/mol. The molecule has 1 aliphatic rings. The van der Waals surface area contributed by atoms with Gasteiger partial charge in [0, 0.05) is 24.5 Å². The van der Waals surface area contributed by atoms with Crippen LogP contribution in [0, 0.1) is 5.82 Å². The molecule has 0 saturated carbocycles. The van der Waals surface area contributed by atoms with E-state index < -0.39 is 0 Å². The van der Waals surface area contributed by atoms with E-state index in [9.17, 15) is 9.50 Å². The third-order valence-electron chi connectivity index (χ3n) is 4.44. The summed E-state index contributed by atoms with van der Waals surface area (Å²) in [6.45, 7) is 1.87. The average Bonchev–Trinajstić information content (AvgIpc) is 2.61. The van der Waals surface area contributed by atoms with E-state index in [0.717, 1.165) is 37.1 Å². The first-order valence-electron chi connectivity index (χ1n) is 8.23. The fourth-order valence-electron chi connectivity index (χ4n) is 3.22. The summed E-state index contributed by atoms with van der Waals surface area (Å²) in [6.07, 6.45) is 3.47. The van der Waals surface area contributed by atoms with Crippen molar-refractivity contribution < 1.29 is 9.50 Å². The number of aromatic hydroxyl groups is 1. The molecule has 3 aromatic rings. The van der Waals surface area contributed by atoms with Crippen molar-refractivity contribution in [1.29, 1.82) is 0 Å². The minimum absolute atomic E-state index is 0.123. The zero-order valence-electron chi connectivity index (χ0n) is 13.2. The Balaban J connectivity index is 1.93. The van der Waals surface area contributed by atoms with E-state index in [4.69, 9.17) is 4.98 Å². The van der Waals surface area contributed by atoms with Crippen molar-refractivity contribution in [3.63, 3.8) is 0 Å². The van der Waals surface area contributed by atoms with Gasteiger partial charge in [0.05, 0.1) is 11.1 Å². The Labute approximate surface area is 139 Å². The van der Waals surface area contributed by atoms with Gasteiger partial charge in [0.2, 0.25) is 0 Å². The van der Waals surface area contributed by atoms with Crippen molar-refractivity contribution in [2.75, 3.05) is 18.0 Å². The lowest BCUT2D eigenvalue weighted by atomic mass is 10.1. The molecule has 122 valence electrons. The molecule has 1 fully saturated rings. The number of anilines is 1. The molecule has 1 N–H and O–H groups in total. The molecule has 0 unspecified atom stereocenters. The maximum atomic E-state index is 13.7. The van der Waals surface area contributed by atoms with Gasteiger partial charge in [-0.3, -0.25) is 0 Å². The molecule has 4 nitrogen and oxygen atoms in total. The summed E-state index contributed by atoms with van der Waals surface area (Å²) in [4.78, 5) is 11.4. The first-order chi connectivity index (χ1) is 11.7. The Bertz CT molecular complexity index is 891. The summed E-state index contributed by atoms with van der Waals surface area (Å²) in [6, 6.07) is 11.6. The van der Waals surface area contributed by atoms with E-state index in [2.05, 4.69) is 9.88 Å². The van der Waals surface area contributed by atoms with Gasteiger partial charge in [-0.25, -0.2) is 14.4 Å². The molecule has 0 atom stereocenters. The molecule has 1 aromatic heterocycles. The predicted octanol–water partition coefficient (Wildman–Crippen LogP) is 4.13. The van der Waals surface area contributed by atoms with Crippen molar-refractivity contribution >= 4 is 16.7 Å². The van der Waals surface area contributed by atoms with Crippen LogP contribution in [-0.2, 0) is 0 Å². The second-order valence-corrected chi connectivity index (χ2v) is 6.10. The van der Waals surface area contributed by atoms with Crippen LogP contribution in [0.3, 0.4) is 0 Å². The summed E-state index contributed by atoms with van der Waals surface area (Å²) in [5.41, 5.74) is 1.12. The van der Waals surface area contributed by atoms with Gasteiger partial charge in [-0.15, -0.1) is 0 Å². The molecule has 1 saturated heterocycles. The van der Waals surface area contributed by atoms with Crippen LogP contribution in [0.4, 0.5) is 10.2 Å². The van der Waals surface area contributed by atoms with Gasteiger partial charge in [-0.1, -0.05) is 12.1 Å². The van der Waals surface area contributed by atoms with E-state index in [1.807, 2.05) is 6.07 Å². The van der Waals surface area contributed by atoms with Crippen molar-refractivity contribution in [3.05, 3.63) is 48.3 Å². The van der Waals surface area contributed by atoms with Crippen LogP contribution < -0.4 is 4.90 Å². The maximum absolute atomic E-state index is 13.7. The molecule has 1 aliphatic heterocycles. The summed E-state index contributed by atoms with van der Waals surface area (Å²) < 4.78 is 13.7. The topological polar surface area (TPSA) is 49.3 Å². The number of nitrogens with zero attached hydrogens (tertiary/aromatic N) is 3. The highest BCUT2D eigenvalue weighted by atomic mass is 19.1. The standard InChI is InChI=1S/C19H18FN3O/c20-13-8-9-14-16(12-13)21-18(15-6-2-3-7-17(15)24)22-19(14)23-10-4-1-5-11-23/h2-3,6-9,12,24H,1,4-5,10-11H2. The lowest BCUT2D eigenvalue weighted by molar-refractivity contribution is 0.477. The van der Waals surface area contributed by atoms with Gasteiger partial charge in [0.25, 0.3) is 0 Å². The van der Waals surface area contributed by atoms with Crippen molar-refractivity contribution in [3.8, 4) is 17.1 Å². The monoisotopic (exact) mass is 323 g/mol. The Kier molecular flexibility index (Phi) is 3.76. The summed E-state index contributed by atoms with van der Waals surface area (Å²) in [5.74, 6) is 1.04. The molecule has 24 heavy (non-hydrogen) atoms. The van der Waals surface area contributed by atoms with Crippen LogP contribution >= 0.6 is 0 Å². The van der Waals surface area contributed by atoms with Gasteiger partial charge in [-0.05, 0) is 43.5 Å². The number of hydrogen-bond acceptors (Lipinski definition) is 4. The van der Waals surface area contributed by atoms with E-state index in [1.54, 1.807) is 24.3 Å². The fourth-order valence-corrected chi connectivity index (χ4v) is 3.22. The van der Waals surface area contributed by atoms with Gasteiger partial charge in [0.15, 0.2) is 5.82 Å². The molecule has 4 rings (SSSR count). The first-order valence-corrected chi connectivity index (χ1v) is 8.23. The van der Waals surface area contributed by atoms with Crippen LogP contribution in [0.2, 0.25) is 0 Å². The summed E-state index contributed by atoms with van der Waals surface area (Å²) in [5, 5.41) is 11.0. The molecular formula is C19H18FN3O. The highest BCUT2D eigenvalue weighted by Crippen LogP contribution is 2.32. The molecule has 0 bridgehead atoms. The number of para-hydroxylation sites is 1. The number of aromatic nitrogens is 2. The third kappa shape index (κ3) is 2.66. The SMILES string of the molecule is Oc1ccccc1-c1nc(N2CCCCC2)c2ccc(F)cc2n1. The highest BCUT2D eigenvalue weighted by Gasteiger charge is 2.19. The van der Waals surface area contributed by atoms with Gasteiger partial charge in [-0.2, -0.15) is 0 Å². The number of phenolic OH excluding ortho intramolecular Hbond substituents is 1. The average molecular weight is 323 g/mol. The maximum Gasteiger partial charge on any atom is 0.165 e. The normalized spacial score (nSPS) is 15.0. The lowest BCUT2D eigenvalue weighted by Gasteiger charge is -2.29.